The lowest BCUT2D eigenvalue weighted by Crippen LogP contribution is -2.37. The van der Waals surface area contributed by atoms with Crippen molar-refractivity contribution in [1.29, 1.82) is 0 Å². The second kappa shape index (κ2) is 6.82. The first-order valence-corrected chi connectivity index (χ1v) is 9.21. The highest BCUT2D eigenvalue weighted by atomic mass is 35.5. The smallest absolute Gasteiger partial charge is 0.227 e. The summed E-state index contributed by atoms with van der Waals surface area (Å²) in [5, 5.41) is 0.236. The first-order chi connectivity index (χ1) is 11.0. The Labute approximate surface area is 140 Å². The van der Waals surface area contributed by atoms with Crippen LogP contribution in [-0.2, 0) is 20.3 Å². The molecule has 0 atom stereocenters. The zero-order chi connectivity index (χ0) is 16.3. The van der Waals surface area contributed by atoms with Gasteiger partial charge in [-0.3, -0.25) is 0 Å². The molecule has 23 heavy (non-hydrogen) atoms. The summed E-state index contributed by atoms with van der Waals surface area (Å²) in [5.41, 5.74) is 0.385. The normalized spacial score (nSPS) is 15.6. The van der Waals surface area contributed by atoms with Crippen LogP contribution in [0.1, 0.15) is 5.69 Å². The number of ether oxygens (including phenoxy) is 1. The molecular formula is C15H16ClN3O3S. The Balaban J connectivity index is 1.87. The van der Waals surface area contributed by atoms with Gasteiger partial charge in [0.15, 0.2) is 9.84 Å². The third-order valence-corrected chi connectivity index (χ3v) is 5.33. The first-order valence-electron chi connectivity index (χ1n) is 7.18. The van der Waals surface area contributed by atoms with Crippen LogP contribution in [0, 0.1) is 0 Å². The lowest BCUT2D eigenvalue weighted by molar-refractivity contribution is 0.122. The molecule has 0 radical (unpaired) electrons. The largest absolute Gasteiger partial charge is 0.378 e. The topological polar surface area (TPSA) is 72.4 Å². The number of nitrogens with zero attached hydrogens (tertiary/aromatic N) is 3. The third-order valence-electron chi connectivity index (χ3n) is 3.47. The van der Waals surface area contributed by atoms with E-state index < -0.39 is 9.84 Å². The summed E-state index contributed by atoms with van der Waals surface area (Å²) in [6.45, 7) is 2.50. The van der Waals surface area contributed by atoms with Gasteiger partial charge in [-0.25, -0.2) is 18.4 Å². The second-order valence-electron chi connectivity index (χ2n) is 5.15. The number of hydrogen-bond acceptors (Lipinski definition) is 6. The van der Waals surface area contributed by atoms with E-state index in [1.807, 2.05) is 4.90 Å². The molecule has 2 aromatic rings. The molecule has 122 valence electrons. The standard InChI is InChI=1S/C15H16ClN3O3S/c16-14-10-12(11-23(20,21)13-4-2-1-3-5-13)17-15(18-14)19-6-8-22-9-7-19/h1-5,10H,6-9,11H2. The minimum atomic E-state index is -3.47. The predicted octanol–water partition coefficient (Wildman–Crippen LogP) is 1.94. The Kier molecular flexibility index (Phi) is 4.79. The average Bonchev–Trinajstić information content (AvgIpc) is 2.55. The molecule has 0 spiro atoms. The molecule has 3 rings (SSSR count). The monoisotopic (exact) mass is 353 g/mol. The van der Waals surface area contributed by atoms with Gasteiger partial charge in [0.1, 0.15) is 5.15 Å². The van der Waals surface area contributed by atoms with Crippen molar-refractivity contribution in [1.82, 2.24) is 9.97 Å². The van der Waals surface area contributed by atoms with Gasteiger partial charge in [-0.1, -0.05) is 29.8 Å². The molecule has 0 amide bonds. The number of halogens is 1. The van der Waals surface area contributed by atoms with Gasteiger partial charge < -0.3 is 9.64 Å². The molecule has 1 aliphatic rings. The Bertz CT molecular complexity index is 778. The van der Waals surface area contributed by atoms with Crippen molar-refractivity contribution in [3.63, 3.8) is 0 Å². The van der Waals surface area contributed by atoms with E-state index in [1.165, 1.54) is 6.07 Å². The highest BCUT2D eigenvalue weighted by molar-refractivity contribution is 7.90. The van der Waals surface area contributed by atoms with E-state index in [2.05, 4.69) is 9.97 Å². The molecule has 1 fully saturated rings. The second-order valence-corrected chi connectivity index (χ2v) is 7.53. The summed E-state index contributed by atoms with van der Waals surface area (Å²) in [5.74, 6) is 0.232. The summed E-state index contributed by atoms with van der Waals surface area (Å²) in [6, 6.07) is 9.79. The van der Waals surface area contributed by atoms with Crippen LogP contribution < -0.4 is 4.90 Å². The molecule has 0 unspecified atom stereocenters. The van der Waals surface area contributed by atoms with Crippen molar-refractivity contribution < 1.29 is 13.2 Å². The molecule has 0 aliphatic carbocycles. The Hall–Kier alpha value is -1.70. The van der Waals surface area contributed by atoms with E-state index in [9.17, 15) is 8.42 Å². The van der Waals surface area contributed by atoms with Crippen molar-refractivity contribution in [3.8, 4) is 0 Å². The summed E-state index contributed by atoms with van der Waals surface area (Å²) in [4.78, 5) is 10.8. The molecule has 0 bridgehead atoms. The maximum Gasteiger partial charge on any atom is 0.227 e. The molecule has 8 heteroatoms. The van der Waals surface area contributed by atoms with Crippen LogP contribution >= 0.6 is 11.6 Å². The SMILES string of the molecule is O=S(=O)(Cc1cc(Cl)nc(N2CCOCC2)n1)c1ccccc1. The fourth-order valence-corrected chi connectivity index (χ4v) is 3.81. The quantitative estimate of drug-likeness (QED) is 0.782. The van der Waals surface area contributed by atoms with Gasteiger partial charge in [-0.05, 0) is 18.2 Å². The average molecular weight is 354 g/mol. The predicted molar refractivity (Wildman–Crippen MR) is 87.4 cm³/mol. The maximum absolute atomic E-state index is 12.5. The maximum atomic E-state index is 12.5. The zero-order valence-corrected chi connectivity index (χ0v) is 13.9. The van der Waals surface area contributed by atoms with Gasteiger partial charge in [0.25, 0.3) is 0 Å². The van der Waals surface area contributed by atoms with E-state index in [0.29, 0.717) is 37.9 Å². The molecule has 1 aromatic heterocycles. The number of aromatic nitrogens is 2. The van der Waals surface area contributed by atoms with Crippen molar-refractivity contribution in [2.45, 2.75) is 10.6 Å². The lowest BCUT2D eigenvalue weighted by atomic mass is 10.4. The minimum absolute atomic E-state index is 0.212. The number of rotatable bonds is 4. The molecule has 0 N–H and O–H groups in total. The van der Waals surface area contributed by atoms with E-state index in [0.717, 1.165) is 0 Å². The van der Waals surface area contributed by atoms with Crippen molar-refractivity contribution in [3.05, 3.63) is 47.2 Å². The van der Waals surface area contributed by atoms with Gasteiger partial charge in [-0.2, -0.15) is 0 Å². The summed E-state index contributed by atoms with van der Waals surface area (Å²) in [7, 11) is -3.47. The van der Waals surface area contributed by atoms with Gasteiger partial charge in [0.2, 0.25) is 5.95 Å². The van der Waals surface area contributed by atoms with Crippen LogP contribution in [0.5, 0.6) is 0 Å². The fourth-order valence-electron chi connectivity index (χ4n) is 2.34. The zero-order valence-electron chi connectivity index (χ0n) is 12.4. The number of hydrogen-bond donors (Lipinski definition) is 0. The van der Waals surface area contributed by atoms with E-state index in [1.54, 1.807) is 30.3 Å². The van der Waals surface area contributed by atoms with Crippen LogP contribution in [0.2, 0.25) is 5.15 Å². The molecule has 1 aliphatic heterocycles. The third kappa shape index (κ3) is 3.99. The number of sulfone groups is 1. The Morgan fingerprint density at radius 3 is 2.52 bits per heavy atom. The molecule has 1 aromatic carbocycles. The number of benzene rings is 1. The van der Waals surface area contributed by atoms with Crippen molar-refractivity contribution in [2.24, 2.45) is 0 Å². The molecule has 2 heterocycles. The number of anilines is 1. The van der Waals surface area contributed by atoms with E-state index >= 15 is 0 Å². The Morgan fingerprint density at radius 1 is 1.13 bits per heavy atom. The Morgan fingerprint density at radius 2 is 1.83 bits per heavy atom. The molecular weight excluding hydrogens is 338 g/mol. The lowest BCUT2D eigenvalue weighted by Gasteiger charge is -2.27. The number of morpholine rings is 1. The van der Waals surface area contributed by atoms with Crippen LogP contribution in [0.25, 0.3) is 0 Å². The van der Waals surface area contributed by atoms with Crippen LogP contribution in [-0.4, -0.2) is 44.7 Å². The summed E-state index contributed by atoms with van der Waals surface area (Å²) in [6.07, 6.45) is 0. The van der Waals surface area contributed by atoms with Gasteiger partial charge in [0.05, 0.1) is 29.6 Å². The van der Waals surface area contributed by atoms with Gasteiger partial charge >= 0.3 is 0 Å². The van der Waals surface area contributed by atoms with Crippen LogP contribution in [0.3, 0.4) is 0 Å². The van der Waals surface area contributed by atoms with E-state index in [-0.39, 0.29) is 15.8 Å². The van der Waals surface area contributed by atoms with Crippen molar-refractivity contribution >= 4 is 27.4 Å². The first kappa shape index (κ1) is 16.2. The summed E-state index contributed by atoms with van der Waals surface area (Å²) >= 11 is 6.04. The van der Waals surface area contributed by atoms with Gasteiger partial charge in [-0.15, -0.1) is 0 Å². The molecule has 0 saturated carbocycles. The fraction of sp³-hybridized carbons (Fsp3) is 0.333. The van der Waals surface area contributed by atoms with Crippen molar-refractivity contribution in [2.75, 3.05) is 31.2 Å². The van der Waals surface area contributed by atoms with Crippen LogP contribution in [0.4, 0.5) is 5.95 Å². The van der Waals surface area contributed by atoms with Gasteiger partial charge in [0, 0.05) is 13.1 Å². The molecule has 6 nitrogen and oxygen atoms in total. The summed E-state index contributed by atoms with van der Waals surface area (Å²) < 4.78 is 30.2. The van der Waals surface area contributed by atoms with Crippen LogP contribution in [0.15, 0.2) is 41.3 Å². The van der Waals surface area contributed by atoms with E-state index in [4.69, 9.17) is 16.3 Å². The highest BCUT2D eigenvalue weighted by Crippen LogP contribution is 2.20. The minimum Gasteiger partial charge on any atom is -0.378 e. The molecule has 1 saturated heterocycles. The highest BCUT2D eigenvalue weighted by Gasteiger charge is 2.19.